The molecule has 3 heteroatoms. The molecule has 0 unspecified atom stereocenters. The van der Waals surface area contributed by atoms with Crippen molar-refractivity contribution in [3.63, 3.8) is 0 Å². The molecule has 0 saturated carbocycles. The first kappa shape index (κ1) is 24.8. The van der Waals surface area contributed by atoms with Crippen LogP contribution in [0.2, 0.25) is 0 Å². The van der Waals surface area contributed by atoms with E-state index >= 15 is 0 Å². The van der Waals surface area contributed by atoms with Crippen LogP contribution in [0.15, 0.2) is 0 Å². The fourth-order valence-electron chi connectivity index (χ4n) is 0. The molecular weight excluding hydrogens is 143 g/mol. The van der Waals surface area contributed by atoms with Gasteiger partial charge in [-0.25, -0.2) is 0 Å². The van der Waals surface area contributed by atoms with Crippen LogP contribution in [0.1, 0.15) is 0 Å². The first-order valence-electron chi connectivity index (χ1n) is 0.224. The smallest absolute Gasteiger partial charge is 0.512 e. The maximum atomic E-state index is 6.25. The summed E-state index contributed by atoms with van der Waals surface area (Å²) >= 11 is 0. The van der Waals surface area contributed by atoms with Crippen LogP contribution in [0, 0.1) is 11.8 Å². The second kappa shape index (κ2) is 93.8. The monoisotopic (exact) mass is 142 g/mol. The summed E-state index contributed by atoms with van der Waals surface area (Å²) in [5, 5.41) is 6.25. The minimum Gasteiger partial charge on any atom is -0.512 e. The van der Waals surface area contributed by atoms with Crippen molar-refractivity contribution >= 4 is 0 Å². The Labute approximate surface area is 45.2 Å². The normalized spacial score (nSPS) is 0.500. The maximum absolute atomic E-state index is 6.25. The van der Waals surface area contributed by atoms with E-state index in [1.54, 1.807) is 0 Å². The van der Waals surface area contributed by atoms with Crippen molar-refractivity contribution in [3.8, 4) is 0 Å². The minimum absolute atomic E-state index is 0. The summed E-state index contributed by atoms with van der Waals surface area (Å²) in [5.74, 6) is 0. The van der Waals surface area contributed by atoms with E-state index in [4.69, 9.17) is 11.8 Å². The average molecular weight is 143 g/mol. The minimum atomic E-state index is 0. The molecule has 0 N–H and O–H groups in total. The molecule has 0 heterocycles. The van der Waals surface area contributed by atoms with E-state index in [9.17, 15) is 0 Å². The molecule has 0 rings (SSSR count). The third-order valence-electron chi connectivity index (χ3n) is 0. The van der Waals surface area contributed by atoms with Crippen LogP contribution >= 0.6 is 0 Å². The Balaban J connectivity index is -0.00000000500. The van der Waals surface area contributed by atoms with Crippen molar-refractivity contribution in [1.29, 1.82) is 5.26 Å². The SMILES string of the molecule is [C-]#N.[Ni+2].[Ni+2]. The first-order chi connectivity index (χ1) is 1.00. The molecule has 0 radical (unpaired) electrons. The Kier molecular flexibility index (Phi) is 582. The van der Waals surface area contributed by atoms with Gasteiger partial charge in [-0.1, -0.05) is 0 Å². The van der Waals surface area contributed by atoms with Gasteiger partial charge in [0.25, 0.3) is 0 Å². The zero-order chi connectivity index (χ0) is 2.00. The fourth-order valence-corrected chi connectivity index (χ4v) is 0. The summed E-state index contributed by atoms with van der Waals surface area (Å²) in [4.78, 5) is 0. The Morgan fingerprint density at radius 2 is 1.00 bits per heavy atom. The van der Waals surface area contributed by atoms with Crippen molar-refractivity contribution in [1.82, 2.24) is 0 Å². The molecule has 1 nitrogen and oxygen atoms in total. The molecular formula is CNNi2+3. The van der Waals surface area contributed by atoms with Crippen molar-refractivity contribution in [2.24, 2.45) is 0 Å². The topological polar surface area (TPSA) is 23.8 Å². The molecule has 0 aliphatic carbocycles. The van der Waals surface area contributed by atoms with E-state index in [0.29, 0.717) is 0 Å². The zero-order valence-corrected chi connectivity index (χ0v) is 3.55. The van der Waals surface area contributed by atoms with Gasteiger partial charge < -0.3 is 11.8 Å². The summed E-state index contributed by atoms with van der Waals surface area (Å²) in [6.07, 6.45) is 0. The van der Waals surface area contributed by atoms with Gasteiger partial charge in [-0.15, -0.1) is 0 Å². The molecule has 0 atom stereocenters. The molecule has 4 heavy (non-hydrogen) atoms. The molecule has 0 aromatic carbocycles. The standard InChI is InChI=1S/CN.2Ni/c1-2;;/q-1;2*+2. The van der Waals surface area contributed by atoms with Crippen molar-refractivity contribution < 1.29 is 33.0 Å². The van der Waals surface area contributed by atoms with Crippen LogP contribution in [0.3, 0.4) is 0 Å². The Morgan fingerprint density at radius 1 is 1.00 bits per heavy atom. The second-order valence-corrected chi connectivity index (χ2v) is 0. The van der Waals surface area contributed by atoms with E-state index < -0.39 is 0 Å². The van der Waals surface area contributed by atoms with Crippen LogP contribution in [0.5, 0.6) is 0 Å². The maximum Gasteiger partial charge on any atom is 2.00 e. The van der Waals surface area contributed by atoms with Crippen molar-refractivity contribution in [3.05, 3.63) is 6.57 Å². The zero-order valence-electron chi connectivity index (χ0n) is 1.58. The molecule has 0 aliphatic heterocycles. The van der Waals surface area contributed by atoms with Crippen LogP contribution in [-0.4, -0.2) is 0 Å². The van der Waals surface area contributed by atoms with Crippen molar-refractivity contribution in [2.75, 3.05) is 0 Å². The summed E-state index contributed by atoms with van der Waals surface area (Å²) in [5.41, 5.74) is 0. The van der Waals surface area contributed by atoms with Gasteiger partial charge in [-0.3, -0.25) is 0 Å². The van der Waals surface area contributed by atoms with Gasteiger partial charge in [-0.2, -0.15) is 0 Å². The number of hydrogen-bond donors (Lipinski definition) is 0. The van der Waals surface area contributed by atoms with E-state index in [2.05, 4.69) is 0 Å². The largest absolute Gasteiger partial charge is 2.00 e. The van der Waals surface area contributed by atoms with Gasteiger partial charge in [0, 0.05) is 0 Å². The third-order valence-corrected chi connectivity index (χ3v) is 0. The van der Waals surface area contributed by atoms with E-state index in [1.165, 1.54) is 0 Å². The summed E-state index contributed by atoms with van der Waals surface area (Å²) in [6.45, 7) is 4.75. The van der Waals surface area contributed by atoms with Crippen molar-refractivity contribution in [2.45, 2.75) is 0 Å². The van der Waals surface area contributed by atoms with Crippen LogP contribution in [0.4, 0.5) is 0 Å². The van der Waals surface area contributed by atoms with Gasteiger partial charge in [0.05, 0.1) is 0 Å². The summed E-state index contributed by atoms with van der Waals surface area (Å²) in [6, 6.07) is 0. The van der Waals surface area contributed by atoms with Crippen LogP contribution in [-0.2, 0) is 33.0 Å². The Morgan fingerprint density at radius 3 is 1.00 bits per heavy atom. The third kappa shape index (κ3) is 23.7. The van der Waals surface area contributed by atoms with Gasteiger partial charge in [0.15, 0.2) is 0 Å². The van der Waals surface area contributed by atoms with Gasteiger partial charge in [0.2, 0.25) is 0 Å². The molecule has 0 amide bonds. The predicted octanol–water partition coefficient (Wildman–Crippen LogP) is 0.0914. The quantitative estimate of drug-likeness (QED) is 0.348. The molecule has 26 valence electrons. The van der Waals surface area contributed by atoms with Crippen LogP contribution in [0.25, 0.3) is 0 Å². The number of rotatable bonds is 0. The van der Waals surface area contributed by atoms with E-state index in [-0.39, 0.29) is 33.0 Å². The summed E-state index contributed by atoms with van der Waals surface area (Å²) in [7, 11) is 0. The molecule has 0 aromatic rings. The van der Waals surface area contributed by atoms with E-state index in [1.807, 2.05) is 0 Å². The Bertz CT molecular complexity index is 10.8. The number of hydrogen-bond acceptors (Lipinski definition) is 1. The first-order valence-corrected chi connectivity index (χ1v) is 0.224. The van der Waals surface area contributed by atoms with Gasteiger partial charge in [0.1, 0.15) is 0 Å². The predicted molar refractivity (Wildman–Crippen MR) is 4.97 cm³/mol. The summed E-state index contributed by atoms with van der Waals surface area (Å²) < 4.78 is 0. The average Bonchev–Trinajstić information content (AvgIpc) is 1.00. The molecule has 0 fully saturated rings. The van der Waals surface area contributed by atoms with Crippen LogP contribution < -0.4 is 0 Å². The second-order valence-electron chi connectivity index (χ2n) is 0. The molecule has 0 spiro atoms. The molecule has 0 aliphatic rings. The molecule has 0 aromatic heterocycles. The van der Waals surface area contributed by atoms with Gasteiger partial charge >= 0.3 is 33.0 Å². The fraction of sp³-hybridized carbons (Fsp3) is 0. The van der Waals surface area contributed by atoms with Gasteiger partial charge in [-0.05, 0) is 0 Å². The molecule has 0 saturated heterocycles. The van der Waals surface area contributed by atoms with E-state index in [0.717, 1.165) is 0 Å². The molecule has 0 bridgehead atoms. The Hall–Kier alpha value is 0.477. The number of nitrogens with zero attached hydrogens (tertiary/aromatic N) is 1.